The van der Waals surface area contributed by atoms with Crippen LogP contribution >= 0.6 is 64.8 Å². The van der Waals surface area contributed by atoms with Crippen LogP contribution in [0.25, 0.3) is 0 Å². The van der Waals surface area contributed by atoms with Gasteiger partial charge in [-0.05, 0) is 67.4 Å². The van der Waals surface area contributed by atoms with Crippen LogP contribution in [-0.2, 0) is 122 Å². The number of carbonyl (C=O) groups excluding carboxylic acids is 6. The van der Waals surface area contributed by atoms with Crippen molar-refractivity contribution in [2.24, 2.45) is 10.7 Å². The second-order valence-corrected chi connectivity index (χ2v) is 22.1. The summed E-state index contributed by atoms with van der Waals surface area (Å²) < 4.78 is 23.3. The fraction of sp³-hybridized carbons (Fsp3) is 0.380. The number of aromatic hydroxyl groups is 3. The van der Waals surface area contributed by atoms with Crippen molar-refractivity contribution in [2.45, 2.75) is 47.0 Å². The number of nitrogen functional groups attached to an aromatic ring is 1. The molecule has 0 aliphatic heterocycles. The van der Waals surface area contributed by atoms with E-state index < -0.39 is 29.8 Å². The molecule has 0 aliphatic rings. The molecule has 0 spiro atoms. The molecule has 3 aromatic rings. The van der Waals surface area contributed by atoms with E-state index >= 15 is 0 Å². The zero-order valence-electron chi connectivity index (χ0n) is 46.8. The third-order valence-electron chi connectivity index (χ3n) is 8.19. The van der Waals surface area contributed by atoms with E-state index in [0.29, 0.717) is 56.0 Å². The molecular weight excluding hydrogens is 2110 g/mol. The molecule has 0 aromatic heterocycles. The Bertz CT molecular complexity index is 2500. The first-order valence-electron chi connectivity index (χ1n) is 23.2. The van der Waals surface area contributed by atoms with Crippen LogP contribution in [0.5, 0.6) is 17.2 Å². The number of ether oxygens (including phenoxy) is 3. The number of allylic oxidation sites excluding steroid dienone is 2. The number of phenolic OH excluding ortho intramolecular Hbond substituents is 3. The van der Waals surface area contributed by atoms with Crippen LogP contribution in [-0.4, -0.2) is 162 Å². The molecule has 3 aromatic carbocycles. The second kappa shape index (κ2) is 69.2. The van der Waals surface area contributed by atoms with Crippen molar-refractivity contribution in [3.8, 4) is 17.2 Å². The molecule has 23 nitrogen and oxygen atoms in total. The van der Waals surface area contributed by atoms with Gasteiger partial charge in [-0.25, -0.2) is 14.4 Å². The number of nitrogens with two attached hydrogens (primary N) is 2. The number of hydrogen-bond donors (Lipinski definition) is 10. The maximum absolute atomic E-state index is 11.9. The number of anilines is 3. The van der Waals surface area contributed by atoms with Gasteiger partial charge in [0.25, 0.3) is 0 Å². The van der Waals surface area contributed by atoms with Crippen LogP contribution < -0.4 is 27.4 Å². The molecule has 12 N–H and O–H groups in total. The Balaban J connectivity index is -0.000000128. The number of rotatable bonds is 29. The molecule has 0 heterocycles. The van der Waals surface area contributed by atoms with E-state index in [0.717, 1.165) is 24.3 Å². The van der Waals surface area contributed by atoms with Gasteiger partial charge in [-0.15, -0.1) is 0 Å². The number of esters is 3. The zero-order chi connectivity index (χ0) is 59.8. The van der Waals surface area contributed by atoms with Gasteiger partial charge in [0.2, 0.25) is 17.7 Å². The number of aliphatic carboxylic acids is 2. The van der Waals surface area contributed by atoms with Crippen LogP contribution in [0.15, 0.2) is 83.9 Å². The Morgan fingerprint density at radius 2 is 0.988 bits per heavy atom. The summed E-state index contributed by atoms with van der Waals surface area (Å²) in [6.45, 7) is 5.64. The largest absolute Gasteiger partial charge is 0 e. The topological polar surface area (TPSA) is 383 Å². The minimum atomic E-state index is -0.816. The van der Waals surface area contributed by atoms with Gasteiger partial charge in [-0.1, -0.05) is 88.8 Å². The van der Waals surface area contributed by atoms with E-state index in [1.807, 2.05) is 32.1 Å². The van der Waals surface area contributed by atoms with Gasteiger partial charge in [-0.3, -0.25) is 19.2 Å². The second-order valence-electron chi connectivity index (χ2n) is 14.3. The Morgan fingerprint density at radius 1 is 0.581 bits per heavy atom. The number of carbonyl (C=O) groups is 8. The van der Waals surface area contributed by atoms with Crippen molar-refractivity contribution in [1.82, 2.24) is 5.32 Å². The molecular formula is C50H71BN6O17S6U2V2W2. The van der Waals surface area contributed by atoms with Crippen LogP contribution in [0.4, 0.5) is 17.1 Å². The van der Waals surface area contributed by atoms with E-state index in [9.17, 15) is 58.4 Å². The molecule has 0 aliphatic carbocycles. The summed E-state index contributed by atoms with van der Waals surface area (Å²) in [6, 6.07) is 12.6. The first-order valence-corrected chi connectivity index (χ1v) is 30.7. The maximum Gasteiger partial charge on any atom is 0 e. The fourth-order valence-electron chi connectivity index (χ4n) is 4.72. The summed E-state index contributed by atoms with van der Waals surface area (Å²) in [5.74, 6) is -1.71. The molecule has 86 heavy (non-hydrogen) atoms. The summed E-state index contributed by atoms with van der Waals surface area (Å²) in [5, 5.41) is 52.8. The quantitative estimate of drug-likeness (QED) is 0.00365. The number of benzene rings is 3. The molecule has 3 amide bonds. The molecule has 3 rings (SSSR count). The number of aliphatic imine (C=N–C) groups is 1. The first-order chi connectivity index (χ1) is 37.7. The number of methoxy groups -OCH3 is 3. The normalized spacial score (nSPS) is 9.33. The van der Waals surface area contributed by atoms with E-state index in [1.54, 1.807) is 6.08 Å². The number of carboxylic acid groups (broad SMARTS) is 2. The number of phenols is 3. The standard InChI is InChI=1S/C18H24N2O5S2.C12H16N2O4S2.C8H9NO3.C6H10O2.C5H8BNO3S2.CH4.2U.2V.2W/c1-3-4-5-6-16(22)19-9-10-26-27-12-17(23)20-13-7-8-15(21)14(11-13)18(24)25-2;1-18-12(17)9-6-8(2-3-10(9)15)14-11(16)7-20-19-5-4-13;1-12-8(11)6-4-5(9)2-3-7(6)10;1-2-3-4-5-6(7)8;8-5(9)3-12-11-2-1-7-4-6-10;;;;;;;/h4-5,7-8,11,21H,3,6,9-10,12H2,1-2H3,(H,19,22)(H,20,23);2-3,6,15H,4-5,7,13H2,1H3,(H,14,16);2-4,10H,9H2,1H3;3-4H,2,5H2,1H3,(H,7,8);4H,1-3H2,(H,8,9);1H4;;;;;;/b5-4-;;;4-3-;;;;;;;;. The van der Waals surface area contributed by atoms with Crippen molar-refractivity contribution in [2.75, 3.05) is 91.8 Å². The van der Waals surface area contributed by atoms with E-state index in [2.05, 4.69) is 35.2 Å². The molecule has 0 bridgehead atoms. The Labute approximate surface area is 626 Å². The third kappa shape index (κ3) is 57.5. The van der Waals surface area contributed by atoms with E-state index in [4.69, 9.17) is 21.7 Å². The Kier molecular flexibility index (Phi) is 83.1. The van der Waals surface area contributed by atoms with Crippen molar-refractivity contribution < 1.29 is 224 Å². The molecule has 472 valence electrons. The Morgan fingerprint density at radius 3 is 1.40 bits per heavy atom. The van der Waals surface area contributed by atoms with Crippen LogP contribution in [0, 0.1) is 62.2 Å². The summed E-state index contributed by atoms with van der Waals surface area (Å²) in [5.41, 5.74) is 12.1. The van der Waals surface area contributed by atoms with Gasteiger partial charge in [0.05, 0.1) is 39.3 Å². The molecule has 2 radical (unpaired) electrons. The monoisotopic (exact) mass is 2180 g/mol. The number of nitrogens with zero attached hydrogens (tertiary/aromatic N) is 1. The van der Waals surface area contributed by atoms with Gasteiger partial charge in [0.1, 0.15) is 33.9 Å². The van der Waals surface area contributed by atoms with E-state index in [1.165, 1.54) is 147 Å². The summed E-state index contributed by atoms with van der Waals surface area (Å²) in [4.78, 5) is 92.5. The van der Waals surface area contributed by atoms with Crippen LogP contribution in [0.1, 0.15) is 78.0 Å². The van der Waals surface area contributed by atoms with Crippen molar-refractivity contribution in [3.63, 3.8) is 0 Å². The van der Waals surface area contributed by atoms with Crippen LogP contribution in [0.2, 0.25) is 0 Å². The van der Waals surface area contributed by atoms with Crippen molar-refractivity contribution in [3.05, 3.63) is 95.6 Å². The fourth-order valence-corrected chi connectivity index (χ4v) is 9.76. The number of amides is 3. The molecule has 0 saturated heterocycles. The predicted octanol–water partition coefficient (Wildman–Crippen LogP) is 7.77. The summed E-state index contributed by atoms with van der Waals surface area (Å²) >= 11 is 0. The third-order valence-corrected chi connectivity index (χ3v) is 15.0. The molecule has 0 atom stereocenters. The Hall–Kier alpha value is -1.66. The molecule has 36 heteroatoms. The van der Waals surface area contributed by atoms with Gasteiger partial charge in [0.15, 0.2) is 0 Å². The van der Waals surface area contributed by atoms with Crippen molar-refractivity contribution in [1.29, 1.82) is 0 Å². The molecule has 0 unspecified atom stereocenters. The zero-order valence-corrected chi connectivity index (χ0v) is 68.6. The summed E-state index contributed by atoms with van der Waals surface area (Å²) in [7, 11) is 12.8. The molecule has 0 saturated carbocycles. The minimum absolute atomic E-state index is 0. The van der Waals surface area contributed by atoms with E-state index in [-0.39, 0.29) is 224 Å². The number of carboxylic acids is 2. The van der Waals surface area contributed by atoms with Crippen LogP contribution in [0.3, 0.4) is 0 Å². The average molecular weight is 2180 g/mol. The average Bonchev–Trinajstić information content (AvgIpc) is 3.42. The molecule has 0 fully saturated rings. The van der Waals surface area contributed by atoms with Crippen molar-refractivity contribution >= 4 is 143 Å². The SMILES string of the molecule is C.CC/C=C\CC(=O)NCCSSCC(=O)Nc1ccc(O)c(C(=O)OC)c1.CC/C=C\CC(=O)O.COC(=O)c1cc(N)ccc1O.COC(=O)c1cc(NC(=O)CSSCCN)ccc1O.O=BC=NCCSSCC(=O)O.[U].[U].[V].[V].[W].[W]. The number of hydrogen-bond acceptors (Lipinski definition) is 24. The van der Waals surface area contributed by atoms with Gasteiger partial charge >= 0.3 is 102 Å². The van der Waals surface area contributed by atoms with Gasteiger partial charge in [-0.2, -0.15) is 0 Å². The minimum Gasteiger partial charge on any atom is 0 e. The van der Waals surface area contributed by atoms with Gasteiger partial charge in [0, 0.05) is 190 Å². The smallest absolute Gasteiger partial charge is 0 e. The van der Waals surface area contributed by atoms with Gasteiger partial charge < -0.3 is 62.1 Å². The summed E-state index contributed by atoms with van der Waals surface area (Å²) in [6.07, 6.45) is 10.8. The predicted molar refractivity (Wildman–Crippen MR) is 327 cm³/mol. The number of nitrogens with one attached hydrogen (secondary N) is 3. The first kappa shape index (κ1) is 103. The maximum atomic E-state index is 11.9.